The number of aromatic nitrogens is 1. The van der Waals surface area contributed by atoms with Crippen molar-refractivity contribution >= 4 is 28.3 Å². The van der Waals surface area contributed by atoms with E-state index in [2.05, 4.69) is 33.9 Å². The van der Waals surface area contributed by atoms with Crippen LogP contribution in [-0.2, 0) is 0 Å². The Balaban J connectivity index is 1.51. The van der Waals surface area contributed by atoms with Gasteiger partial charge in [-0.1, -0.05) is 32.0 Å². The molecule has 8 heteroatoms. The molecule has 0 saturated carbocycles. The Bertz CT molecular complexity index is 857. The minimum Gasteiger partial charge on any atom is -0.335 e. The van der Waals surface area contributed by atoms with E-state index in [4.69, 9.17) is 0 Å². The van der Waals surface area contributed by atoms with Crippen LogP contribution in [0.5, 0.6) is 0 Å². The summed E-state index contributed by atoms with van der Waals surface area (Å²) in [5, 5.41) is 4.98. The van der Waals surface area contributed by atoms with Gasteiger partial charge in [-0.2, -0.15) is 0 Å². The molecule has 1 aliphatic rings. The highest BCUT2D eigenvalue weighted by atomic mass is 32.1. The summed E-state index contributed by atoms with van der Waals surface area (Å²) in [4.78, 5) is 36.3. The second-order valence-corrected chi connectivity index (χ2v) is 8.33. The third-order valence-electron chi connectivity index (χ3n) is 5.62. The predicted molar refractivity (Wildman–Crippen MR) is 121 cm³/mol. The average molecular weight is 430 g/mol. The van der Waals surface area contributed by atoms with Crippen molar-refractivity contribution in [3.63, 3.8) is 0 Å². The van der Waals surface area contributed by atoms with Crippen molar-refractivity contribution in [1.82, 2.24) is 19.7 Å². The third kappa shape index (κ3) is 5.65. The van der Waals surface area contributed by atoms with Crippen LogP contribution in [0.3, 0.4) is 0 Å². The van der Waals surface area contributed by atoms with E-state index in [-0.39, 0.29) is 11.8 Å². The molecular weight excluding hydrogens is 398 g/mol. The van der Waals surface area contributed by atoms with Gasteiger partial charge in [0.25, 0.3) is 11.8 Å². The van der Waals surface area contributed by atoms with Crippen molar-refractivity contribution in [2.24, 2.45) is 0 Å². The van der Waals surface area contributed by atoms with E-state index < -0.39 is 0 Å². The molecule has 162 valence electrons. The van der Waals surface area contributed by atoms with Crippen LogP contribution in [-0.4, -0.2) is 83.9 Å². The summed E-state index contributed by atoms with van der Waals surface area (Å²) in [6.45, 7) is 13.7. The molecule has 0 radical (unpaired) electrons. The number of nitrogens with zero attached hydrogens (tertiary/aromatic N) is 4. The third-order valence-corrected chi connectivity index (χ3v) is 6.38. The smallest absolute Gasteiger partial charge is 0.273 e. The molecule has 30 heavy (non-hydrogen) atoms. The first-order valence-electron chi connectivity index (χ1n) is 10.6. The van der Waals surface area contributed by atoms with E-state index in [1.807, 2.05) is 30.0 Å². The molecular formula is C22H31N5O2S. The number of thiazole rings is 1. The molecule has 1 saturated heterocycles. The largest absolute Gasteiger partial charge is 0.335 e. The van der Waals surface area contributed by atoms with E-state index in [9.17, 15) is 9.59 Å². The maximum atomic E-state index is 12.8. The summed E-state index contributed by atoms with van der Waals surface area (Å²) in [6, 6.07) is 7.41. The number of likely N-dealkylation sites (N-methyl/N-ethyl adjacent to an activating group) is 1. The Morgan fingerprint density at radius 1 is 1.13 bits per heavy atom. The molecule has 0 bridgehead atoms. The number of carbonyl (C=O) groups is 2. The highest BCUT2D eigenvalue weighted by molar-refractivity contribution is 7.14. The SMILES string of the molecule is CCN(CC)CCN1CCN(C(=O)c2csc(NC(=O)c3ccccc3C)n2)CC1. The molecule has 1 N–H and O–H groups in total. The lowest BCUT2D eigenvalue weighted by Crippen LogP contribution is -2.50. The zero-order valence-corrected chi connectivity index (χ0v) is 18.9. The van der Waals surface area contributed by atoms with Crippen molar-refractivity contribution < 1.29 is 9.59 Å². The number of aryl methyl sites for hydroxylation is 1. The van der Waals surface area contributed by atoms with E-state index in [0.29, 0.717) is 29.5 Å². The number of rotatable bonds is 8. The Morgan fingerprint density at radius 3 is 2.50 bits per heavy atom. The second kappa shape index (κ2) is 10.7. The highest BCUT2D eigenvalue weighted by Crippen LogP contribution is 2.19. The Labute approximate surface area is 182 Å². The molecule has 2 amide bonds. The molecule has 0 unspecified atom stereocenters. The maximum absolute atomic E-state index is 12.8. The average Bonchev–Trinajstić information content (AvgIpc) is 3.23. The first-order chi connectivity index (χ1) is 14.5. The van der Waals surface area contributed by atoms with Crippen LogP contribution in [0.15, 0.2) is 29.6 Å². The fourth-order valence-corrected chi connectivity index (χ4v) is 4.26. The number of piperazine rings is 1. The van der Waals surface area contributed by atoms with Gasteiger partial charge < -0.3 is 9.80 Å². The Morgan fingerprint density at radius 2 is 1.83 bits per heavy atom. The summed E-state index contributed by atoms with van der Waals surface area (Å²) in [5.74, 6) is -0.269. The lowest BCUT2D eigenvalue weighted by Gasteiger charge is -2.35. The molecule has 1 fully saturated rings. The van der Waals surface area contributed by atoms with E-state index in [0.717, 1.165) is 44.8 Å². The quantitative estimate of drug-likeness (QED) is 0.699. The van der Waals surface area contributed by atoms with Crippen LogP contribution in [0, 0.1) is 6.92 Å². The predicted octanol–water partition coefficient (Wildman–Crippen LogP) is 2.80. The van der Waals surface area contributed by atoms with E-state index in [1.165, 1.54) is 11.3 Å². The highest BCUT2D eigenvalue weighted by Gasteiger charge is 2.24. The number of hydrogen-bond donors (Lipinski definition) is 1. The van der Waals surface area contributed by atoms with Gasteiger partial charge in [-0.3, -0.25) is 19.8 Å². The summed E-state index contributed by atoms with van der Waals surface area (Å²) < 4.78 is 0. The van der Waals surface area contributed by atoms with Gasteiger partial charge in [-0.15, -0.1) is 11.3 Å². The van der Waals surface area contributed by atoms with Crippen LogP contribution in [0.4, 0.5) is 5.13 Å². The first-order valence-corrected chi connectivity index (χ1v) is 11.5. The van der Waals surface area contributed by atoms with Gasteiger partial charge in [0.05, 0.1) is 0 Å². The van der Waals surface area contributed by atoms with Crippen LogP contribution in [0.25, 0.3) is 0 Å². The number of hydrogen-bond acceptors (Lipinski definition) is 6. The van der Waals surface area contributed by atoms with Crippen LogP contribution < -0.4 is 5.32 Å². The van der Waals surface area contributed by atoms with Gasteiger partial charge in [0.2, 0.25) is 0 Å². The molecule has 1 aromatic heterocycles. The van der Waals surface area contributed by atoms with Gasteiger partial charge in [-0.25, -0.2) is 4.98 Å². The Hall–Kier alpha value is -2.29. The molecule has 3 rings (SSSR count). The maximum Gasteiger partial charge on any atom is 0.273 e. The number of carbonyl (C=O) groups excluding carboxylic acids is 2. The molecule has 1 aliphatic heterocycles. The molecule has 1 aromatic carbocycles. The van der Waals surface area contributed by atoms with Crippen LogP contribution in [0.2, 0.25) is 0 Å². The van der Waals surface area contributed by atoms with Crippen molar-refractivity contribution in [3.8, 4) is 0 Å². The summed E-state index contributed by atoms with van der Waals surface area (Å²) >= 11 is 1.28. The number of benzene rings is 1. The van der Waals surface area contributed by atoms with Gasteiger partial charge >= 0.3 is 0 Å². The zero-order valence-electron chi connectivity index (χ0n) is 18.1. The van der Waals surface area contributed by atoms with Gasteiger partial charge in [0, 0.05) is 50.2 Å². The topological polar surface area (TPSA) is 68.8 Å². The summed E-state index contributed by atoms with van der Waals surface area (Å²) in [5.41, 5.74) is 1.92. The summed E-state index contributed by atoms with van der Waals surface area (Å²) in [6.07, 6.45) is 0. The van der Waals surface area contributed by atoms with Gasteiger partial charge in [0.1, 0.15) is 5.69 Å². The van der Waals surface area contributed by atoms with E-state index in [1.54, 1.807) is 11.4 Å². The molecule has 0 aliphatic carbocycles. The van der Waals surface area contributed by atoms with Crippen LogP contribution >= 0.6 is 11.3 Å². The number of nitrogens with one attached hydrogen (secondary N) is 1. The minimum atomic E-state index is -0.205. The second-order valence-electron chi connectivity index (χ2n) is 7.47. The molecule has 0 atom stereocenters. The van der Waals surface area contributed by atoms with Crippen LogP contribution in [0.1, 0.15) is 40.3 Å². The molecule has 0 spiro atoms. The van der Waals surface area contributed by atoms with Gasteiger partial charge in [0.15, 0.2) is 5.13 Å². The first kappa shape index (κ1) is 22.4. The minimum absolute atomic E-state index is 0.0639. The molecule has 2 aromatic rings. The van der Waals surface area contributed by atoms with Gasteiger partial charge in [-0.05, 0) is 31.6 Å². The monoisotopic (exact) mass is 429 g/mol. The lowest BCUT2D eigenvalue weighted by atomic mass is 10.1. The van der Waals surface area contributed by atoms with Crippen molar-refractivity contribution in [2.45, 2.75) is 20.8 Å². The number of amides is 2. The fraction of sp³-hybridized carbons (Fsp3) is 0.500. The molecule has 2 heterocycles. The van der Waals surface area contributed by atoms with E-state index >= 15 is 0 Å². The lowest BCUT2D eigenvalue weighted by molar-refractivity contribution is 0.0620. The normalized spacial score (nSPS) is 14.9. The van der Waals surface area contributed by atoms with Crippen molar-refractivity contribution in [2.75, 3.05) is 57.7 Å². The summed E-state index contributed by atoms with van der Waals surface area (Å²) in [7, 11) is 0. The number of anilines is 1. The standard InChI is InChI=1S/C22H31N5O2S/c1-4-25(5-2)10-11-26-12-14-27(15-13-26)21(29)19-16-30-22(23-19)24-20(28)18-9-7-6-8-17(18)3/h6-9,16H,4-5,10-15H2,1-3H3,(H,23,24,28). The fourth-order valence-electron chi connectivity index (χ4n) is 3.58. The zero-order chi connectivity index (χ0) is 21.5. The van der Waals surface area contributed by atoms with Crippen molar-refractivity contribution in [3.05, 3.63) is 46.5 Å². The molecule has 7 nitrogen and oxygen atoms in total. The Kier molecular flexibility index (Phi) is 7.95. The van der Waals surface area contributed by atoms with Crippen molar-refractivity contribution in [1.29, 1.82) is 0 Å².